The van der Waals surface area contributed by atoms with E-state index < -0.39 is 0 Å². The predicted molar refractivity (Wildman–Crippen MR) is 207 cm³/mol. The molecule has 0 aliphatic heterocycles. The standard InChI is InChI=1S/C46H28N4/c1-2-9-29(10-3-1)44-37-11-4-5-12-41(37)50-46-38(44)24-18-30-21-25-40(49-45(30)46)34-20-23-36-32(28-34)17-16-31-27-33(19-22-35(31)36)39-14-8-15-43(48-39)42-13-6-7-26-47-42/h1-28H. The minimum absolute atomic E-state index is 0.866. The van der Waals surface area contributed by atoms with Gasteiger partial charge in [0.1, 0.15) is 0 Å². The molecule has 10 rings (SSSR count). The third kappa shape index (κ3) is 4.69. The third-order valence-electron chi connectivity index (χ3n) is 9.68. The SMILES string of the molecule is c1ccc(-c2c3ccccc3nc3c2ccc2ccc(-c4ccc5c(ccc6cc(-c7cccc(-c8ccccn8)n7)ccc65)c4)nc23)cc1. The number of benzene rings is 6. The Balaban J connectivity index is 1.07. The normalized spacial score (nSPS) is 11.6. The molecular weight excluding hydrogens is 609 g/mol. The van der Waals surface area contributed by atoms with Crippen LogP contribution in [0, 0.1) is 0 Å². The van der Waals surface area contributed by atoms with Crippen LogP contribution in [0.25, 0.3) is 99.3 Å². The van der Waals surface area contributed by atoms with Gasteiger partial charge in [0.2, 0.25) is 0 Å². The van der Waals surface area contributed by atoms with E-state index in [2.05, 4.69) is 138 Å². The number of fused-ring (bicyclic) bond motifs is 7. The number of nitrogens with zero attached hydrogens (tertiary/aromatic N) is 4. The second-order valence-corrected chi connectivity index (χ2v) is 12.7. The second kappa shape index (κ2) is 11.4. The van der Waals surface area contributed by atoms with Gasteiger partial charge in [0, 0.05) is 39.0 Å². The van der Waals surface area contributed by atoms with Crippen LogP contribution in [0.4, 0.5) is 0 Å². The first-order valence-corrected chi connectivity index (χ1v) is 16.8. The van der Waals surface area contributed by atoms with Gasteiger partial charge >= 0.3 is 0 Å². The van der Waals surface area contributed by atoms with E-state index in [1.165, 1.54) is 32.7 Å². The largest absolute Gasteiger partial charge is 0.255 e. The first-order valence-electron chi connectivity index (χ1n) is 16.8. The van der Waals surface area contributed by atoms with Gasteiger partial charge < -0.3 is 0 Å². The molecule has 0 amide bonds. The summed E-state index contributed by atoms with van der Waals surface area (Å²) in [7, 11) is 0. The molecule has 0 radical (unpaired) electrons. The Bertz CT molecular complexity index is 2920. The molecule has 0 fully saturated rings. The minimum Gasteiger partial charge on any atom is -0.255 e. The molecule has 4 heteroatoms. The molecule has 10 aromatic rings. The average Bonchev–Trinajstić information content (AvgIpc) is 3.20. The first-order chi connectivity index (χ1) is 24.8. The van der Waals surface area contributed by atoms with Gasteiger partial charge in [-0.1, -0.05) is 115 Å². The van der Waals surface area contributed by atoms with Gasteiger partial charge in [-0.05, 0) is 75.6 Å². The smallest absolute Gasteiger partial charge is 0.0978 e. The van der Waals surface area contributed by atoms with Gasteiger partial charge in [-0.25, -0.2) is 15.0 Å². The zero-order valence-electron chi connectivity index (χ0n) is 27.0. The van der Waals surface area contributed by atoms with Crippen molar-refractivity contribution in [1.29, 1.82) is 0 Å². The van der Waals surface area contributed by atoms with Gasteiger partial charge in [-0.3, -0.25) is 4.98 Å². The summed E-state index contributed by atoms with van der Waals surface area (Å²) in [6.45, 7) is 0. The van der Waals surface area contributed by atoms with Gasteiger partial charge in [-0.15, -0.1) is 0 Å². The summed E-state index contributed by atoms with van der Waals surface area (Å²) in [5.41, 5.74) is 10.9. The molecule has 0 aliphatic carbocycles. The maximum absolute atomic E-state index is 5.28. The highest BCUT2D eigenvalue weighted by atomic mass is 14.8. The Hall–Kier alpha value is -6.78. The number of para-hydroxylation sites is 1. The average molecular weight is 637 g/mol. The summed E-state index contributed by atoms with van der Waals surface area (Å²) < 4.78 is 0. The van der Waals surface area contributed by atoms with Gasteiger partial charge in [0.25, 0.3) is 0 Å². The lowest BCUT2D eigenvalue weighted by molar-refractivity contribution is 1.25. The van der Waals surface area contributed by atoms with Crippen LogP contribution < -0.4 is 0 Å². The van der Waals surface area contributed by atoms with Crippen molar-refractivity contribution in [2.45, 2.75) is 0 Å². The Morgan fingerprint density at radius 1 is 0.320 bits per heavy atom. The van der Waals surface area contributed by atoms with Crippen molar-refractivity contribution in [1.82, 2.24) is 19.9 Å². The Morgan fingerprint density at radius 2 is 0.960 bits per heavy atom. The molecule has 4 heterocycles. The van der Waals surface area contributed by atoms with Gasteiger partial charge in [-0.2, -0.15) is 0 Å². The van der Waals surface area contributed by atoms with Crippen molar-refractivity contribution in [2.75, 3.05) is 0 Å². The second-order valence-electron chi connectivity index (χ2n) is 12.7. The lowest BCUT2D eigenvalue weighted by Crippen LogP contribution is -1.93. The van der Waals surface area contributed by atoms with Crippen LogP contribution in [0.5, 0.6) is 0 Å². The molecule has 232 valence electrons. The number of rotatable bonds is 4. The summed E-state index contributed by atoms with van der Waals surface area (Å²) in [5.74, 6) is 0. The molecular formula is C46H28N4. The fourth-order valence-electron chi connectivity index (χ4n) is 7.26. The summed E-state index contributed by atoms with van der Waals surface area (Å²) in [5, 5.41) is 8.09. The number of hydrogen-bond donors (Lipinski definition) is 0. The van der Waals surface area contributed by atoms with E-state index in [1.807, 2.05) is 30.3 Å². The Morgan fingerprint density at radius 3 is 1.74 bits per heavy atom. The fourth-order valence-corrected chi connectivity index (χ4v) is 7.26. The van der Waals surface area contributed by atoms with Crippen LogP contribution in [0.3, 0.4) is 0 Å². The third-order valence-corrected chi connectivity index (χ3v) is 9.68. The highest BCUT2D eigenvalue weighted by Crippen LogP contribution is 2.38. The van der Waals surface area contributed by atoms with Crippen molar-refractivity contribution < 1.29 is 0 Å². The van der Waals surface area contributed by atoms with Crippen molar-refractivity contribution in [2.24, 2.45) is 0 Å². The van der Waals surface area contributed by atoms with E-state index >= 15 is 0 Å². The van der Waals surface area contributed by atoms with E-state index in [1.54, 1.807) is 6.20 Å². The van der Waals surface area contributed by atoms with Gasteiger partial charge in [0.15, 0.2) is 0 Å². The monoisotopic (exact) mass is 636 g/mol. The molecule has 4 nitrogen and oxygen atoms in total. The highest BCUT2D eigenvalue weighted by molar-refractivity contribution is 6.16. The van der Waals surface area contributed by atoms with Crippen LogP contribution in [-0.4, -0.2) is 19.9 Å². The summed E-state index contributed by atoms with van der Waals surface area (Å²) in [4.78, 5) is 19.9. The molecule has 0 unspecified atom stereocenters. The maximum atomic E-state index is 5.28. The zero-order chi connectivity index (χ0) is 33.0. The molecule has 6 aromatic carbocycles. The van der Waals surface area contributed by atoms with Crippen LogP contribution in [-0.2, 0) is 0 Å². The van der Waals surface area contributed by atoms with Crippen molar-refractivity contribution in [3.05, 3.63) is 170 Å². The lowest BCUT2D eigenvalue weighted by atomic mass is 9.95. The quantitative estimate of drug-likeness (QED) is 0.142. The summed E-state index contributed by atoms with van der Waals surface area (Å²) in [6, 6.07) is 57.3. The number of pyridine rings is 4. The highest BCUT2D eigenvalue weighted by Gasteiger charge is 2.15. The van der Waals surface area contributed by atoms with Crippen molar-refractivity contribution >= 4 is 54.3 Å². The Kier molecular flexibility index (Phi) is 6.46. The summed E-state index contributed by atoms with van der Waals surface area (Å²) in [6.07, 6.45) is 1.80. The van der Waals surface area contributed by atoms with E-state index in [-0.39, 0.29) is 0 Å². The van der Waals surface area contributed by atoms with Gasteiger partial charge in [0.05, 0.1) is 39.3 Å². The number of hydrogen-bond acceptors (Lipinski definition) is 4. The molecule has 0 atom stereocenters. The maximum Gasteiger partial charge on any atom is 0.0978 e. The molecule has 0 spiro atoms. The molecule has 0 N–H and O–H groups in total. The van der Waals surface area contributed by atoms with Crippen LogP contribution in [0.15, 0.2) is 170 Å². The van der Waals surface area contributed by atoms with E-state index in [0.29, 0.717) is 0 Å². The molecule has 0 saturated heterocycles. The van der Waals surface area contributed by atoms with Crippen LogP contribution in [0.1, 0.15) is 0 Å². The van der Waals surface area contributed by atoms with Crippen molar-refractivity contribution in [3.8, 4) is 45.0 Å². The molecule has 0 saturated carbocycles. The molecule has 4 aromatic heterocycles. The fraction of sp³-hybridized carbons (Fsp3) is 0. The molecule has 0 aliphatic rings. The topological polar surface area (TPSA) is 51.6 Å². The minimum atomic E-state index is 0.866. The van der Waals surface area contributed by atoms with Crippen LogP contribution >= 0.6 is 0 Å². The molecule has 50 heavy (non-hydrogen) atoms. The van der Waals surface area contributed by atoms with Crippen molar-refractivity contribution in [3.63, 3.8) is 0 Å². The number of aromatic nitrogens is 4. The first kappa shape index (κ1) is 28.3. The molecule has 0 bridgehead atoms. The summed E-state index contributed by atoms with van der Waals surface area (Å²) >= 11 is 0. The van der Waals surface area contributed by atoms with E-state index in [4.69, 9.17) is 15.0 Å². The van der Waals surface area contributed by atoms with Crippen LogP contribution in [0.2, 0.25) is 0 Å². The Labute approximate surface area is 288 Å². The van der Waals surface area contributed by atoms with E-state index in [0.717, 1.165) is 66.6 Å². The predicted octanol–water partition coefficient (Wildman–Crippen LogP) is 11.7. The zero-order valence-corrected chi connectivity index (χ0v) is 27.0. The van der Waals surface area contributed by atoms with E-state index in [9.17, 15) is 0 Å². The lowest BCUT2D eigenvalue weighted by Gasteiger charge is -2.13.